The van der Waals surface area contributed by atoms with Crippen molar-refractivity contribution in [3.05, 3.63) is 41.9 Å². The van der Waals surface area contributed by atoms with E-state index in [1.165, 1.54) is 0 Å². The summed E-state index contributed by atoms with van der Waals surface area (Å²) in [7, 11) is 0. The summed E-state index contributed by atoms with van der Waals surface area (Å²) in [6, 6.07) is 6.14. The Labute approximate surface area is 153 Å². The molecule has 0 saturated carbocycles. The highest BCUT2D eigenvalue weighted by Gasteiger charge is 2.30. The average Bonchev–Trinajstić information content (AvgIpc) is 3.33. The minimum Gasteiger partial charge on any atom is -0.338 e. The van der Waals surface area contributed by atoms with Crippen molar-refractivity contribution >= 4 is 5.65 Å². The first kappa shape index (κ1) is 17.1. The van der Waals surface area contributed by atoms with Crippen molar-refractivity contribution in [1.82, 2.24) is 29.6 Å². The first-order valence-electron chi connectivity index (χ1n) is 9.62. The van der Waals surface area contributed by atoms with Gasteiger partial charge in [-0.25, -0.2) is 0 Å². The third-order valence-corrected chi connectivity index (χ3v) is 5.30. The first-order valence-corrected chi connectivity index (χ1v) is 9.62. The van der Waals surface area contributed by atoms with Crippen LogP contribution in [0.1, 0.15) is 69.0 Å². The van der Waals surface area contributed by atoms with Crippen LogP contribution in [0, 0.1) is 0 Å². The van der Waals surface area contributed by atoms with Gasteiger partial charge in [-0.3, -0.25) is 9.30 Å². The predicted octanol–water partition coefficient (Wildman–Crippen LogP) is 3.40. The lowest BCUT2D eigenvalue weighted by molar-refractivity contribution is 0.130. The van der Waals surface area contributed by atoms with E-state index < -0.39 is 0 Å². The van der Waals surface area contributed by atoms with E-state index in [-0.39, 0.29) is 6.04 Å². The molecule has 3 aromatic heterocycles. The van der Waals surface area contributed by atoms with Crippen molar-refractivity contribution in [3.8, 4) is 0 Å². The molecule has 0 N–H and O–H groups in total. The van der Waals surface area contributed by atoms with Gasteiger partial charge in [0.1, 0.15) is 5.82 Å². The molecule has 0 amide bonds. The van der Waals surface area contributed by atoms with Crippen molar-refractivity contribution in [2.24, 2.45) is 0 Å². The highest BCUT2D eigenvalue weighted by atomic mass is 16.5. The predicted molar refractivity (Wildman–Crippen MR) is 97.9 cm³/mol. The van der Waals surface area contributed by atoms with Gasteiger partial charge in [0.25, 0.3) is 0 Å². The highest BCUT2D eigenvalue weighted by molar-refractivity contribution is 5.37. The van der Waals surface area contributed by atoms with Crippen molar-refractivity contribution < 1.29 is 4.52 Å². The molecule has 4 heterocycles. The summed E-state index contributed by atoms with van der Waals surface area (Å²) in [5.41, 5.74) is 0.908. The highest BCUT2D eigenvalue weighted by Crippen LogP contribution is 2.31. The monoisotopic (exact) mass is 354 g/mol. The van der Waals surface area contributed by atoms with E-state index in [0.29, 0.717) is 5.92 Å². The van der Waals surface area contributed by atoms with Crippen molar-refractivity contribution in [1.29, 1.82) is 0 Å². The third kappa shape index (κ3) is 3.35. The minimum absolute atomic E-state index is 0.125. The van der Waals surface area contributed by atoms with Crippen molar-refractivity contribution in [2.45, 2.75) is 57.9 Å². The molecule has 1 aliphatic rings. The van der Waals surface area contributed by atoms with Gasteiger partial charge >= 0.3 is 0 Å². The van der Waals surface area contributed by atoms with Crippen LogP contribution in [0.3, 0.4) is 0 Å². The van der Waals surface area contributed by atoms with E-state index in [1.54, 1.807) is 0 Å². The van der Waals surface area contributed by atoms with E-state index in [9.17, 15) is 0 Å². The van der Waals surface area contributed by atoms with Crippen LogP contribution in [0.5, 0.6) is 0 Å². The lowest BCUT2D eigenvalue weighted by atomic mass is 9.96. The van der Waals surface area contributed by atoms with Gasteiger partial charge < -0.3 is 4.52 Å². The fourth-order valence-corrected chi connectivity index (χ4v) is 3.74. The Hall–Kier alpha value is -2.28. The van der Waals surface area contributed by atoms with Crippen LogP contribution in [0.15, 0.2) is 28.9 Å². The van der Waals surface area contributed by atoms with E-state index in [0.717, 1.165) is 68.4 Å². The second-order valence-electron chi connectivity index (χ2n) is 7.15. The van der Waals surface area contributed by atoms with Gasteiger partial charge in [-0.05, 0) is 44.9 Å². The second-order valence-corrected chi connectivity index (χ2v) is 7.15. The van der Waals surface area contributed by atoms with E-state index in [1.807, 2.05) is 24.4 Å². The Morgan fingerprint density at radius 2 is 2.23 bits per heavy atom. The summed E-state index contributed by atoms with van der Waals surface area (Å²) < 4.78 is 7.64. The molecular weight excluding hydrogens is 328 g/mol. The minimum atomic E-state index is 0.125. The van der Waals surface area contributed by atoms with Crippen LogP contribution >= 0.6 is 0 Å². The molecule has 2 atom stereocenters. The molecule has 1 saturated heterocycles. The molecule has 138 valence electrons. The molecule has 4 rings (SSSR count). The zero-order valence-electron chi connectivity index (χ0n) is 15.5. The molecule has 0 aromatic carbocycles. The van der Waals surface area contributed by atoms with Crippen molar-refractivity contribution in [3.63, 3.8) is 0 Å². The number of aromatic nitrogens is 5. The average molecular weight is 354 g/mol. The number of fused-ring (bicyclic) bond motifs is 1. The van der Waals surface area contributed by atoms with Crippen LogP contribution in [0.2, 0.25) is 0 Å². The summed E-state index contributed by atoms with van der Waals surface area (Å²) in [4.78, 5) is 7.03. The fraction of sp³-hybridized carbons (Fsp3) is 0.579. The van der Waals surface area contributed by atoms with Crippen LogP contribution in [-0.4, -0.2) is 42.7 Å². The summed E-state index contributed by atoms with van der Waals surface area (Å²) >= 11 is 0. The Kier molecular flexibility index (Phi) is 4.97. The molecule has 3 aromatic rings. The lowest BCUT2D eigenvalue weighted by Gasteiger charge is -2.34. The van der Waals surface area contributed by atoms with Crippen LogP contribution in [0.4, 0.5) is 0 Å². The number of rotatable bonds is 6. The molecular formula is C19H26N6O. The number of likely N-dealkylation sites (tertiary alicyclic amines) is 1. The zero-order chi connectivity index (χ0) is 17.9. The van der Waals surface area contributed by atoms with Gasteiger partial charge in [0.2, 0.25) is 5.89 Å². The number of piperidine rings is 1. The lowest BCUT2D eigenvalue weighted by Crippen LogP contribution is -2.37. The maximum Gasteiger partial charge on any atom is 0.243 e. The Balaban J connectivity index is 1.48. The molecule has 0 aliphatic carbocycles. The van der Waals surface area contributed by atoms with Gasteiger partial charge in [0, 0.05) is 25.1 Å². The summed E-state index contributed by atoms with van der Waals surface area (Å²) in [6.45, 7) is 6.30. The van der Waals surface area contributed by atoms with Crippen molar-refractivity contribution in [2.75, 3.05) is 13.1 Å². The maximum absolute atomic E-state index is 5.54. The molecule has 0 radical (unpaired) electrons. The summed E-state index contributed by atoms with van der Waals surface area (Å²) in [5, 5.41) is 12.9. The van der Waals surface area contributed by atoms with Gasteiger partial charge in [-0.15, -0.1) is 10.2 Å². The van der Waals surface area contributed by atoms with Crippen LogP contribution in [-0.2, 0) is 6.42 Å². The third-order valence-electron chi connectivity index (χ3n) is 5.30. The molecule has 0 bridgehead atoms. The molecule has 1 fully saturated rings. The van der Waals surface area contributed by atoms with Gasteiger partial charge in [-0.2, -0.15) is 4.98 Å². The normalized spacial score (nSPS) is 19.8. The maximum atomic E-state index is 5.54. The number of nitrogens with zero attached hydrogens (tertiary/aromatic N) is 6. The van der Waals surface area contributed by atoms with Gasteiger partial charge in [-0.1, -0.05) is 24.6 Å². The standard InChI is InChI=1S/C19H26N6O/c1-3-4-9-16-20-19(26-23-16)14(2)24-11-7-8-15(13-24)18-22-21-17-10-5-6-12-25(17)18/h5-6,10,12,14-15H,3-4,7-9,11,13H2,1-2H3/t14-,15+/m0/s1. The fourth-order valence-electron chi connectivity index (χ4n) is 3.74. The van der Waals surface area contributed by atoms with Gasteiger partial charge in [0.15, 0.2) is 11.5 Å². The van der Waals surface area contributed by atoms with E-state index in [2.05, 4.69) is 43.5 Å². The molecule has 1 aliphatic heterocycles. The molecule has 7 heteroatoms. The number of hydrogen-bond donors (Lipinski definition) is 0. The molecule has 0 unspecified atom stereocenters. The Morgan fingerprint density at radius 3 is 3.12 bits per heavy atom. The van der Waals surface area contributed by atoms with Crippen LogP contribution < -0.4 is 0 Å². The summed E-state index contributed by atoms with van der Waals surface area (Å²) in [5.74, 6) is 2.96. The smallest absolute Gasteiger partial charge is 0.243 e. The second kappa shape index (κ2) is 7.53. The number of hydrogen-bond acceptors (Lipinski definition) is 6. The van der Waals surface area contributed by atoms with Gasteiger partial charge in [0.05, 0.1) is 6.04 Å². The SMILES string of the molecule is CCCCc1noc([C@H](C)N2CCC[C@@H](c3nnc4ccccn34)C2)n1. The number of aryl methyl sites for hydroxylation is 1. The zero-order valence-corrected chi connectivity index (χ0v) is 15.5. The first-order chi connectivity index (χ1) is 12.8. The molecule has 26 heavy (non-hydrogen) atoms. The largest absolute Gasteiger partial charge is 0.338 e. The number of unbranched alkanes of at least 4 members (excludes halogenated alkanes) is 1. The Morgan fingerprint density at radius 1 is 1.31 bits per heavy atom. The van der Waals surface area contributed by atoms with E-state index in [4.69, 9.17) is 4.52 Å². The molecule has 7 nitrogen and oxygen atoms in total. The number of pyridine rings is 1. The van der Waals surface area contributed by atoms with Crippen LogP contribution in [0.25, 0.3) is 5.65 Å². The topological polar surface area (TPSA) is 72.4 Å². The van der Waals surface area contributed by atoms with E-state index >= 15 is 0 Å². The Bertz CT molecular complexity index is 856. The quantitative estimate of drug-likeness (QED) is 0.675. The molecule has 0 spiro atoms. The summed E-state index contributed by atoms with van der Waals surface area (Å²) in [6.07, 6.45) is 7.43.